The molecular weight excluding hydrogens is 306 g/mol. The average molecular weight is 324 g/mol. The van der Waals surface area contributed by atoms with Crippen molar-refractivity contribution in [2.24, 2.45) is 5.73 Å². The maximum absolute atomic E-state index is 10.4. The van der Waals surface area contributed by atoms with Gasteiger partial charge in [0.2, 0.25) is 0 Å². The predicted molar refractivity (Wildman–Crippen MR) is 79.0 cm³/mol. The Labute approximate surface area is 121 Å². The first kappa shape index (κ1) is 14.3. The molecule has 0 saturated carbocycles. The average Bonchev–Trinajstić information content (AvgIpc) is 2.90. The number of aliphatic hydroxyl groups is 1. The van der Waals surface area contributed by atoms with Gasteiger partial charge < -0.3 is 15.3 Å². The number of aryl methyl sites for hydroxylation is 1. The number of halogens is 1. The fourth-order valence-electron chi connectivity index (χ4n) is 2.10. The summed E-state index contributed by atoms with van der Waals surface area (Å²) in [5, 5.41) is 10.4. The van der Waals surface area contributed by atoms with Gasteiger partial charge in [-0.25, -0.2) is 0 Å². The van der Waals surface area contributed by atoms with E-state index in [1.165, 1.54) is 0 Å². The molecule has 3 nitrogen and oxygen atoms in total. The number of benzene rings is 1. The second kappa shape index (κ2) is 6.37. The summed E-state index contributed by atoms with van der Waals surface area (Å²) in [4.78, 5) is 0. The van der Waals surface area contributed by atoms with Crippen molar-refractivity contribution < 1.29 is 9.52 Å². The fourth-order valence-corrected chi connectivity index (χ4v) is 2.36. The first-order valence-electron chi connectivity index (χ1n) is 6.38. The summed E-state index contributed by atoms with van der Waals surface area (Å²) in [5.74, 6) is 1.29. The fraction of sp³-hybridized carbons (Fsp3) is 0.333. The molecule has 0 spiro atoms. The summed E-state index contributed by atoms with van der Waals surface area (Å²) in [6.07, 6.45) is 0.102. The highest BCUT2D eigenvalue weighted by atomic mass is 79.9. The van der Waals surface area contributed by atoms with Crippen LogP contribution in [0.5, 0.6) is 0 Å². The Morgan fingerprint density at radius 1 is 1.21 bits per heavy atom. The summed E-state index contributed by atoms with van der Waals surface area (Å²) in [6.45, 7) is 2.38. The van der Waals surface area contributed by atoms with Crippen molar-refractivity contribution in [2.75, 3.05) is 6.54 Å². The van der Waals surface area contributed by atoms with E-state index in [1.807, 2.05) is 43.3 Å². The molecule has 2 rings (SSSR count). The predicted octanol–water partition coefficient (Wildman–Crippen LogP) is 3.38. The molecule has 2 atom stereocenters. The standard InChI is InChI=1S/C15H18BrNO2/c1-2-12-7-8-14(19-12)15(18)13(9-17)10-3-5-11(16)6-4-10/h3-8,13,15,18H,2,9,17H2,1H3. The van der Waals surface area contributed by atoms with Crippen molar-refractivity contribution in [3.8, 4) is 0 Å². The van der Waals surface area contributed by atoms with Gasteiger partial charge in [0.25, 0.3) is 0 Å². The van der Waals surface area contributed by atoms with E-state index in [-0.39, 0.29) is 5.92 Å². The molecule has 0 aliphatic carbocycles. The van der Waals surface area contributed by atoms with Gasteiger partial charge in [-0.05, 0) is 29.8 Å². The normalized spacial score (nSPS) is 14.3. The van der Waals surface area contributed by atoms with Crippen LogP contribution in [0.15, 0.2) is 45.3 Å². The van der Waals surface area contributed by atoms with E-state index in [9.17, 15) is 5.11 Å². The van der Waals surface area contributed by atoms with E-state index in [0.717, 1.165) is 22.2 Å². The Bertz CT molecular complexity index is 521. The third-order valence-electron chi connectivity index (χ3n) is 3.26. The van der Waals surface area contributed by atoms with Gasteiger partial charge >= 0.3 is 0 Å². The van der Waals surface area contributed by atoms with E-state index >= 15 is 0 Å². The van der Waals surface area contributed by atoms with E-state index < -0.39 is 6.10 Å². The molecule has 1 aromatic heterocycles. The van der Waals surface area contributed by atoms with Gasteiger partial charge in [-0.2, -0.15) is 0 Å². The van der Waals surface area contributed by atoms with E-state index in [1.54, 1.807) is 0 Å². The minimum absolute atomic E-state index is 0.163. The zero-order valence-electron chi connectivity index (χ0n) is 10.8. The van der Waals surface area contributed by atoms with Gasteiger partial charge in [0.15, 0.2) is 0 Å². The number of aliphatic hydroxyl groups excluding tert-OH is 1. The number of hydrogen-bond donors (Lipinski definition) is 2. The minimum Gasteiger partial charge on any atom is -0.463 e. The van der Waals surface area contributed by atoms with Crippen LogP contribution in [0, 0.1) is 0 Å². The lowest BCUT2D eigenvalue weighted by Gasteiger charge is -2.20. The van der Waals surface area contributed by atoms with Gasteiger partial charge in [0, 0.05) is 23.4 Å². The van der Waals surface area contributed by atoms with E-state index in [4.69, 9.17) is 10.2 Å². The highest BCUT2D eigenvalue weighted by Gasteiger charge is 2.24. The van der Waals surface area contributed by atoms with Crippen molar-refractivity contribution in [1.29, 1.82) is 0 Å². The van der Waals surface area contributed by atoms with Crippen LogP contribution in [-0.4, -0.2) is 11.7 Å². The molecule has 3 N–H and O–H groups in total. The zero-order valence-corrected chi connectivity index (χ0v) is 12.4. The topological polar surface area (TPSA) is 59.4 Å². The summed E-state index contributed by atoms with van der Waals surface area (Å²) in [6, 6.07) is 11.6. The largest absolute Gasteiger partial charge is 0.463 e. The number of nitrogens with two attached hydrogens (primary N) is 1. The molecule has 2 aromatic rings. The number of furan rings is 1. The summed E-state index contributed by atoms with van der Waals surface area (Å²) in [7, 11) is 0. The second-order valence-corrected chi connectivity index (χ2v) is 5.41. The monoisotopic (exact) mass is 323 g/mol. The number of hydrogen-bond acceptors (Lipinski definition) is 3. The van der Waals surface area contributed by atoms with Gasteiger partial charge in [-0.15, -0.1) is 0 Å². The first-order chi connectivity index (χ1) is 9.15. The van der Waals surface area contributed by atoms with Gasteiger partial charge in [0.05, 0.1) is 0 Å². The van der Waals surface area contributed by atoms with Gasteiger partial charge in [0.1, 0.15) is 17.6 Å². The molecule has 19 heavy (non-hydrogen) atoms. The van der Waals surface area contributed by atoms with Crippen LogP contribution < -0.4 is 5.73 Å². The van der Waals surface area contributed by atoms with Crippen molar-refractivity contribution in [2.45, 2.75) is 25.4 Å². The smallest absolute Gasteiger partial charge is 0.133 e. The lowest BCUT2D eigenvalue weighted by molar-refractivity contribution is 0.120. The van der Waals surface area contributed by atoms with Crippen LogP contribution in [0.25, 0.3) is 0 Å². The van der Waals surface area contributed by atoms with Gasteiger partial charge in [-0.1, -0.05) is 35.0 Å². The number of rotatable bonds is 5. The highest BCUT2D eigenvalue weighted by molar-refractivity contribution is 9.10. The quantitative estimate of drug-likeness (QED) is 0.886. The summed E-state index contributed by atoms with van der Waals surface area (Å²) in [5.41, 5.74) is 6.81. The summed E-state index contributed by atoms with van der Waals surface area (Å²) >= 11 is 3.40. The van der Waals surface area contributed by atoms with E-state index in [0.29, 0.717) is 12.3 Å². The Hall–Kier alpha value is -1.10. The molecule has 0 bridgehead atoms. The van der Waals surface area contributed by atoms with Gasteiger partial charge in [-0.3, -0.25) is 0 Å². The molecule has 0 radical (unpaired) electrons. The molecule has 0 fully saturated rings. The Morgan fingerprint density at radius 3 is 2.42 bits per heavy atom. The third-order valence-corrected chi connectivity index (χ3v) is 3.78. The van der Waals surface area contributed by atoms with Crippen molar-refractivity contribution in [3.05, 3.63) is 58.0 Å². The van der Waals surface area contributed by atoms with Crippen LogP contribution in [0.1, 0.15) is 36.0 Å². The third kappa shape index (κ3) is 3.26. The molecular formula is C15H18BrNO2. The molecule has 0 amide bonds. The first-order valence-corrected chi connectivity index (χ1v) is 7.17. The minimum atomic E-state index is -0.716. The van der Waals surface area contributed by atoms with Crippen LogP contribution in [0.3, 0.4) is 0 Å². The molecule has 0 aliphatic heterocycles. The van der Waals surface area contributed by atoms with Crippen molar-refractivity contribution in [1.82, 2.24) is 0 Å². The SMILES string of the molecule is CCc1ccc(C(O)C(CN)c2ccc(Br)cc2)o1. The molecule has 0 aliphatic rings. The highest BCUT2D eigenvalue weighted by Crippen LogP contribution is 2.31. The maximum atomic E-state index is 10.4. The molecule has 4 heteroatoms. The molecule has 1 heterocycles. The zero-order chi connectivity index (χ0) is 13.8. The Balaban J connectivity index is 2.23. The lowest BCUT2D eigenvalue weighted by atomic mass is 9.92. The maximum Gasteiger partial charge on any atom is 0.133 e. The second-order valence-electron chi connectivity index (χ2n) is 4.50. The molecule has 0 saturated heterocycles. The van der Waals surface area contributed by atoms with Crippen LogP contribution in [0.4, 0.5) is 0 Å². The molecule has 2 unspecified atom stereocenters. The van der Waals surface area contributed by atoms with Crippen LogP contribution in [0.2, 0.25) is 0 Å². The Morgan fingerprint density at radius 2 is 1.89 bits per heavy atom. The van der Waals surface area contributed by atoms with Crippen molar-refractivity contribution >= 4 is 15.9 Å². The molecule has 1 aromatic carbocycles. The van der Waals surface area contributed by atoms with E-state index in [2.05, 4.69) is 15.9 Å². The molecule has 102 valence electrons. The van der Waals surface area contributed by atoms with Crippen molar-refractivity contribution in [3.63, 3.8) is 0 Å². The van der Waals surface area contributed by atoms with Crippen LogP contribution in [-0.2, 0) is 6.42 Å². The van der Waals surface area contributed by atoms with Crippen LogP contribution >= 0.6 is 15.9 Å². The lowest BCUT2D eigenvalue weighted by Crippen LogP contribution is -2.19. The Kier molecular flexibility index (Phi) is 4.80. The summed E-state index contributed by atoms with van der Waals surface area (Å²) < 4.78 is 6.61.